The number of H-pyrrole nitrogens is 1. The van der Waals surface area contributed by atoms with E-state index < -0.39 is 96.8 Å². The van der Waals surface area contributed by atoms with E-state index in [4.69, 9.17) is 48.9 Å². The summed E-state index contributed by atoms with van der Waals surface area (Å²) in [6.07, 6.45) is 16.2. The van der Waals surface area contributed by atoms with Crippen LogP contribution in [0.3, 0.4) is 0 Å². The average Bonchev–Trinajstić information content (AvgIpc) is 1.60. The van der Waals surface area contributed by atoms with Gasteiger partial charge in [-0.1, -0.05) is 77.8 Å². The number of aromatic amines is 1. The van der Waals surface area contributed by atoms with Gasteiger partial charge in [0.2, 0.25) is 0 Å². The standard InChI is InChI=1S/C20H23BN2O4S.C20H17N3O4S2.C14H11BrN2O2S.C14H13N3O2S.C6H6ClNO2S.C5H3Cl2NO2S.C5H11NO2S/c1-14-13-16-17(21-26-19(2,3)20(4,5)27-21)11-12-22-18(16)23(14)28(24,25)15-9-7-6-8-10-15;1-14-12-18-17(19-9-8-16(13-22-19)28(2,24)25)10-11-21-20(18)23(14)29(26,27)15-6-4-3-5-7-15;1-10-9-12-13(15)7-8-16-14(12)17(10)20(18,19)11-5-3-2-4-6-11;1-9-7-12-11(5-6-15-14(12)17-9)13-4-3-10(8-16-13)20(2,18)19;1-11(9,10)5-2-3-6(7)8-4-5;6-4-1-2-5(8-3-4)11(7,9)10;6-5-1-3-9(7,8)4-2-5/h6-13H,1-5H3;3-13H,1-2H3;2-9H,1H3;3-8H,1-2H3,(H,15,17);2-4H,1H3;1-3H;5H,1-4,6H2. The lowest BCUT2D eigenvalue weighted by Crippen LogP contribution is -2.41. The van der Waals surface area contributed by atoms with Crippen molar-refractivity contribution in [3.63, 3.8) is 0 Å². The van der Waals surface area contributed by atoms with Crippen molar-refractivity contribution in [1.82, 2.24) is 56.8 Å². The number of nitrogens with one attached hydrogen (secondary N) is 1. The SMILES string of the molecule is CS(=O)(=O)c1ccc(Cl)nc1.Cc1cc2c(-c3ccc(S(C)(=O)=O)cn3)ccnc2[nH]1.Cc1cc2c(-c3ccc(S(C)(=O)=O)cn3)ccnc2n1S(=O)(=O)c1ccccc1.Cc1cc2c(B3OC(C)(C)C(C)(C)O3)ccnc2n1S(=O)(=O)c1ccccc1.Cc1cc2c(Br)ccnc2n1S(=O)(=O)c1ccccc1.NC1CCS(=O)(=O)CC1.O=S(=O)(Cl)c1ccc(Cl)cn1. The van der Waals surface area contributed by atoms with E-state index >= 15 is 0 Å². The van der Waals surface area contributed by atoms with Crippen molar-refractivity contribution in [2.24, 2.45) is 5.73 Å². The number of hydrogen-bond acceptors (Lipinski definition) is 27. The van der Waals surface area contributed by atoms with Gasteiger partial charge in [0.05, 0.1) is 68.5 Å². The average molecular weight is 2020 g/mol. The first-order chi connectivity index (χ1) is 59.8. The summed E-state index contributed by atoms with van der Waals surface area (Å²) in [7, 11) is -23.0. The number of hydrogen-bond donors (Lipinski definition) is 2. The maximum Gasteiger partial charge on any atom is 0.495 e. The minimum absolute atomic E-state index is 0.118. The molecule has 15 aromatic rings. The van der Waals surface area contributed by atoms with Crippen LogP contribution in [0.2, 0.25) is 10.2 Å². The lowest BCUT2D eigenvalue weighted by Gasteiger charge is -2.32. The highest BCUT2D eigenvalue weighted by molar-refractivity contribution is 9.10. The first kappa shape index (κ1) is 98.5. The zero-order chi connectivity index (χ0) is 93.7. The molecule has 128 heavy (non-hydrogen) atoms. The highest BCUT2D eigenvalue weighted by atomic mass is 79.9. The van der Waals surface area contributed by atoms with Crippen LogP contribution in [-0.4, -0.2) is 179 Å². The molecule has 0 amide bonds. The van der Waals surface area contributed by atoms with E-state index in [1.54, 1.807) is 155 Å². The summed E-state index contributed by atoms with van der Waals surface area (Å²) < 4.78 is 206. The number of sulfone groups is 4. The zero-order valence-corrected chi connectivity index (χ0v) is 80.5. The van der Waals surface area contributed by atoms with Crippen LogP contribution in [0, 0.1) is 27.7 Å². The third-order valence-electron chi connectivity index (χ3n) is 20.1. The number of benzene rings is 3. The van der Waals surface area contributed by atoms with E-state index in [2.05, 4.69) is 60.8 Å². The van der Waals surface area contributed by atoms with E-state index in [1.165, 1.54) is 91.6 Å². The number of aryl methyl sites for hydroxylation is 4. The van der Waals surface area contributed by atoms with Crippen molar-refractivity contribution in [2.45, 2.75) is 120 Å². The summed E-state index contributed by atoms with van der Waals surface area (Å²) in [6, 6.07) is 51.5. The summed E-state index contributed by atoms with van der Waals surface area (Å²) in [6.45, 7) is 15.1. The van der Waals surface area contributed by atoms with Crippen LogP contribution in [0.5, 0.6) is 0 Å². The molecule has 0 atom stereocenters. The summed E-state index contributed by atoms with van der Waals surface area (Å²) in [5, 5.41) is 3.55. The van der Waals surface area contributed by atoms with Gasteiger partial charge in [-0.15, -0.1) is 0 Å². The molecule has 0 bridgehead atoms. The molecule has 12 aromatic heterocycles. The number of aromatic nitrogens is 12. The van der Waals surface area contributed by atoms with Crippen LogP contribution in [0.25, 0.3) is 66.6 Å². The molecule has 17 rings (SSSR count). The van der Waals surface area contributed by atoms with Gasteiger partial charge >= 0.3 is 7.12 Å². The van der Waals surface area contributed by atoms with Gasteiger partial charge in [-0.25, -0.2) is 109 Å². The monoisotopic (exact) mass is 2010 g/mol. The molecule has 0 unspecified atom stereocenters. The van der Waals surface area contributed by atoms with E-state index in [-0.39, 0.29) is 62.7 Å². The minimum Gasteiger partial charge on any atom is -0.399 e. The lowest BCUT2D eigenvalue weighted by atomic mass is 9.78. The molecule has 2 fully saturated rings. The molecule has 0 radical (unpaired) electrons. The number of nitrogens with two attached hydrogens (primary N) is 1. The Bertz CT molecular complexity index is 7510. The van der Waals surface area contributed by atoms with Gasteiger partial charge in [0.25, 0.3) is 39.1 Å². The second-order valence-corrected chi connectivity index (χ2v) is 48.1. The number of rotatable bonds is 13. The molecule has 44 heteroatoms. The first-order valence-corrected chi connectivity index (χ1v) is 53.9. The quantitative estimate of drug-likeness (QED) is 0.0615. The highest BCUT2D eigenvalue weighted by Crippen LogP contribution is 2.39. The van der Waals surface area contributed by atoms with Crippen LogP contribution in [-0.2, 0) is 87.8 Å². The first-order valence-electron chi connectivity index (χ1n) is 38.3. The van der Waals surface area contributed by atoms with E-state index in [0.717, 1.165) is 55.8 Å². The highest BCUT2D eigenvalue weighted by Gasteiger charge is 2.52. The Kier molecular flexibility index (Phi) is 30.2. The van der Waals surface area contributed by atoms with Crippen molar-refractivity contribution in [1.29, 1.82) is 0 Å². The van der Waals surface area contributed by atoms with Gasteiger partial charge < -0.3 is 20.0 Å². The Morgan fingerprint density at radius 1 is 0.445 bits per heavy atom. The second kappa shape index (κ2) is 39.3. The molecule has 2 aliphatic rings. The van der Waals surface area contributed by atoms with Crippen LogP contribution >= 0.6 is 49.8 Å². The van der Waals surface area contributed by atoms with Crippen LogP contribution < -0.4 is 11.2 Å². The molecule has 0 spiro atoms. The van der Waals surface area contributed by atoms with Crippen LogP contribution in [0.1, 0.15) is 63.3 Å². The summed E-state index contributed by atoms with van der Waals surface area (Å²) in [5.41, 5.74) is 12.8. The van der Waals surface area contributed by atoms with E-state index in [9.17, 15) is 67.3 Å². The Morgan fingerprint density at radius 2 is 0.836 bits per heavy atom. The van der Waals surface area contributed by atoms with Gasteiger partial charge in [-0.05, 0) is 223 Å². The predicted octanol–water partition coefficient (Wildman–Crippen LogP) is 13.9. The summed E-state index contributed by atoms with van der Waals surface area (Å²) >= 11 is 14.3. The zero-order valence-electron chi connectivity index (χ0n) is 70.1. The smallest absolute Gasteiger partial charge is 0.399 e. The van der Waals surface area contributed by atoms with E-state index in [0.29, 0.717) is 68.3 Å². The number of halogens is 4. The molecule has 0 saturated carbocycles. The molecule has 2 saturated heterocycles. The van der Waals surface area contributed by atoms with Crippen molar-refractivity contribution in [3.8, 4) is 22.5 Å². The largest absolute Gasteiger partial charge is 0.495 e. The molecule has 14 heterocycles. The normalized spacial score (nSPS) is 14.5. The number of fused-ring (bicyclic) bond motifs is 4. The topological polar surface area (TPSA) is 451 Å². The fourth-order valence-electron chi connectivity index (χ4n) is 12.9. The fraction of sp³-hybridized carbons (Fsp3) is 0.214. The molecule has 3 N–H and O–H groups in total. The molecule has 3 aromatic carbocycles. The maximum atomic E-state index is 13.2. The predicted molar refractivity (Wildman–Crippen MR) is 498 cm³/mol. The molecular formula is C84H84BBrCl3N13O18S8. The van der Waals surface area contributed by atoms with Crippen LogP contribution in [0.4, 0.5) is 0 Å². The van der Waals surface area contributed by atoms with Crippen molar-refractivity contribution < 1.29 is 76.7 Å². The van der Waals surface area contributed by atoms with Gasteiger partial charge in [0, 0.05) is 145 Å². The van der Waals surface area contributed by atoms with E-state index in [1.807, 2.05) is 65.0 Å². The Labute approximate surface area is 765 Å². The van der Waals surface area contributed by atoms with Crippen LogP contribution in [0.15, 0.2) is 277 Å². The van der Waals surface area contributed by atoms with Crippen molar-refractivity contribution >= 4 is 185 Å². The Morgan fingerprint density at radius 3 is 1.23 bits per heavy atom. The molecule has 672 valence electrons. The summed E-state index contributed by atoms with van der Waals surface area (Å²) in [4.78, 5) is 37.1. The molecule has 0 aliphatic carbocycles. The van der Waals surface area contributed by atoms with Crippen molar-refractivity contribution in [3.05, 3.63) is 275 Å². The van der Waals surface area contributed by atoms with Gasteiger partial charge in [0.15, 0.2) is 51.5 Å². The second-order valence-electron chi connectivity index (χ2n) is 30.2. The molecular weight excluding hydrogens is 1930 g/mol. The summed E-state index contributed by atoms with van der Waals surface area (Å²) in [5.74, 6) is 0.572. The molecule has 31 nitrogen and oxygen atoms in total. The third kappa shape index (κ3) is 23.2. The number of pyridine rings is 8. The Balaban J connectivity index is 0.000000150. The number of nitrogens with zero attached hydrogens (tertiary/aromatic N) is 11. The minimum atomic E-state index is -3.82. The lowest BCUT2D eigenvalue weighted by molar-refractivity contribution is 0.00578. The fourth-order valence-corrected chi connectivity index (χ4v) is 22.0. The van der Waals surface area contributed by atoms with Gasteiger partial charge in [-0.3, -0.25) is 9.97 Å². The molecule has 2 aliphatic heterocycles. The third-order valence-corrected chi connectivity index (χ3v) is 32.9. The van der Waals surface area contributed by atoms with Crippen molar-refractivity contribution in [2.75, 3.05) is 30.3 Å². The van der Waals surface area contributed by atoms with Gasteiger partial charge in [0.1, 0.15) is 20.6 Å². The van der Waals surface area contributed by atoms with Gasteiger partial charge in [-0.2, -0.15) is 0 Å². The Hall–Kier alpha value is -10.1. The maximum absolute atomic E-state index is 13.2.